The first-order valence-electron chi connectivity index (χ1n) is 8.62. The first kappa shape index (κ1) is 18.3. The third-order valence-electron chi connectivity index (χ3n) is 4.30. The average Bonchev–Trinajstić information content (AvgIpc) is 2.97. The Morgan fingerprint density at radius 2 is 2.04 bits per heavy atom. The molecule has 0 aliphatic heterocycles. The molecule has 1 aliphatic carbocycles. The highest BCUT2D eigenvalue weighted by atomic mass is 32.1. The Hall–Kier alpha value is -2.54. The standard InChI is InChI=1S/C19H22N2O4S/c1-2-24-18(22)17-16(20)14-9-8-13(10-15(14)26-17)21-19(23)25-11-12-6-4-3-5-7-12/h3-7,13H,2,8-11,20H2,1H3,(H,21,23). The zero-order chi connectivity index (χ0) is 18.5. The molecule has 1 aromatic carbocycles. The zero-order valence-electron chi connectivity index (χ0n) is 14.6. The molecule has 3 rings (SSSR count). The van der Waals surface area contributed by atoms with Gasteiger partial charge in [0, 0.05) is 17.3 Å². The Labute approximate surface area is 156 Å². The van der Waals surface area contributed by atoms with Gasteiger partial charge in [0.05, 0.1) is 12.3 Å². The molecule has 7 heteroatoms. The maximum atomic E-state index is 12.0. The van der Waals surface area contributed by atoms with Crippen molar-refractivity contribution in [2.45, 2.75) is 38.8 Å². The molecule has 1 aliphatic rings. The van der Waals surface area contributed by atoms with Crippen molar-refractivity contribution < 1.29 is 19.1 Å². The van der Waals surface area contributed by atoms with Crippen LogP contribution in [0.3, 0.4) is 0 Å². The number of anilines is 1. The molecule has 0 bridgehead atoms. The minimum atomic E-state index is -0.433. The summed E-state index contributed by atoms with van der Waals surface area (Å²) in [6.45, 7) is 2.32. The van der Waals surface area contributed by atoms with Gasteiger partial charge >= 0.3 is 12.1 Å². The number of nitrogens with two attached hydrogens (primary N) is 1. The van der Waals surface area contributed by atoms with Crippen LogP contribution in [0, 0.1) is 0 Å². The molecular weight excluding hydrogens is 352 g/mol. The van der Waals surface area contributed by atoms with Crippen molar-refractivity contribution in [2.75, 3.05) is 12.3 Å². The Morgan fingerprint density at radius 3 is 2.77 bits per heavy atom. The van der Waals surface area contributed by atoms with Crippen LogP contribution in [0.4, 0.5) is 10.5 Å². The Balaban J connectivity index is 1.57. The summed E-state index contributed by atoms with van der Waals surface area (Å²) in [6, 6.07) is 9.51. The molecule has 0 radical (unpaired) electrons. The number of ether oxygens (including phenoxy) is 2. The van der Waals surface area contributed by atoms with Crippen LogP contribution in [0.1, 0.15) is 39.0 Å². The minimum absolute atomic E-state index is 0.0288. The van der Waals surface area contributed by atoms with E-state index in [2.05, 4.69) is 5.32 Å². The van der Waals surface area contributed by atoms with E-state index in [1.165, 1.54) is 11.3 Å². The van der Waals surface area contributed by atoms with E-state index in [0.717, 1.165) is 28.8 Å². The molecule has 0 saturated carbocycles. The maximum Gasteiger partial charge on any atom is 0.407 e. The molecule has 0 saturated heterocycles. The molecule has 1 aromatic heterocycles. The van der Waals surface area contributed by atoms with Crippen molar-refractivity contribution >= 4 is 29.1 Å². The number of hydrogen-bond acceptors (Lipinski definition) is 6. The number of rotatable bonds is 5. The van der Waals surface area contributed by atoms with E-state index < -0.39 is 6.09 Å². The van der Waals surface area contributed by atoms with E-state index in [1.807, 2.05) is 30.3 Å². The van der Waals surface area contributed by atoms with Gasteiger partial charge in [-0.05, 0) is 30.9 Å². The fourth-order valence-corrected chi connectivity index (χ4v) is 4.25. The Bertz CT molecular complexity index is 788. The summed E-state index contributed by atoms with van der Waals surface area (Å²) in [6.07, 6.45) is 1.69. The number of thiophene rings is 1. The SMILES string of the molecule is CCOC(=O)c1sc2c(c1N)CCC(NC(=O)OCc1ccccc1)C2. The molecule has 1 atom stereocenters. The molecule has 0 fully saturated rings. The lowest BCUT2D eigenvalue weighted by molar-refractivity contribution is 0.0533. The summed E-state index contributed by atoms with van der Waals surface area (Å²) in [5.74, 6) is -0.379. The lowest BCUT2D eigenvalue weighted by atomic mass is 9.93. The number of fused-ring (bicyclic) bond motifs is 1. The predicted octanol–water partition coefficient (Wildman–Crippen LogP) is 3.29. The van der Waals surface area contributed by atoms with Gasteiger partial charge in [-0.15, -0.1) is 11.3 Å². The van der Waals surface area contributed by atoms with Gasteiger partial charge < -0.3 is 20.5 Å². The van der Waals surface area contributed by atoms with Gasteiger partial charge in [0.15, 0.2) is 0 Å². The second kappa shape index (κ2) is 8.23. The molecule has 2 aromatic rings. The van der Waals surface area contributed by atoms with E-state index in [4.69, 9.17) is 15.2 Å². The van der Waals surface area contributed by atoms with E-state index in [1.54, 1.807) is 6.92 Å². The van der Waals surface area contributed by atoms with Crippen LogP contribution in [0.2, 0.25) is 0 Å². The van der Waals surface area contributed by atoms with E-state index in [9.17, 15) is 9.59 Å². The number of amides is 1. The minimum Gasteiger partial charge on any atom is -0.462 e. The maximum absolute atomic E-state index is 12.0. The highest BCUT2D eigenvalue weighted by Gasteiger charge is 2.28. The number of nitrogen functional groups attached to an aromatic ring is 1. The molecular formula is C19H22N2O4S. The van der Waals surface area contributed by atoms with Crippen molar-refractivity contribution in [1.29, 1.82) is 0 Å². The topological polar surface area (TPSA) is 90.6 Å². The van der Waals surface area contributed by atoms with Crippen LogP contribution in [0.5, 0.6) is 0 Å². The van der Waals surface area contributed by atoms with Crippen LogP contribution in [0.15, 0.2) is 30.3 Å². The van der Waals surface area contributed by atoms with Crippen LogP contribution < -0.4 is 11.1 Å². The van der Waals surface area contributed by atoms with Gasteiger partial charge in [-0.2, -0.15) is 0 Å². The summed E-state index contributed by atoms with van der Waals surface area (Å²) in [5, 5.41) is 2.90. The van der Waals surface area contributed by atoms with Crippen molar-refractivity contribution in [3.05, 3.63) is 51.2 Å². The molecule has 0 spiro atoms. The molecule has 6 nitrogen and oxygen atoms in total. The van der Waals surface area contributed by atoms with Crippen LogP contribution in [-0.4, -0.2) is 24.7 Å². The van der Waals surface area contributed by atoms with E-state index >= 15 is 0 Å². The Morgan fingerprint density at radius 1 is 1.27 bits per heavy atom. The fraction of sp³-hybridized carbons (Fsp3) is 0.368. The van der Waals surface area contributed by atoms with Crippen molar-refractivity contribution in [3.63, 3.8) is 0 Å². The lowest BCUT2D eigenvalue weighted by Gasteiger charge is -2.23. The monoisotopic (exact) mass is 374 g/mol. The first-order chi connectivity index (χ1) is 12.6. The number of carbonyl (C=O) groups excluding carboxylic acids is 2. The van der Waals surface area contributed by atoms with E-state index in [0.29, 0.717) is 23.6 Å². The van der Waals surface area contributed by atoms with Gasteiger partial charge in [0.25, 0.3) is 0 Å². The summed E-state index contributed by atoms with van der Waals surface area (Å²) < 4.78 is 10.3. The number of alkyl carbamates (subject to hydrolysis) is 1. The largest absolute Gasteiger partial charge is 0.462 e. The highest BCUT2D eigenvalue weighted by molar-refractivity contribution is 7.14. The molecule has 3 N–H and O–H groups in total. The number of carbonyl (C=O) groups is 2. The predicted molar refractivity (Wildman–Crippen MR) is 100 cm³/mol. The van der Waals surface area contributed by atoms with E-state index in [-0.39, 0.29) is 18.6 Å². The van der Waals surface area contributed by atoms with Gasteiger partial charge in [0.1, 0.15) is 11.5 Å². The highest BCUT2D eigenvalue weighted by Crippen LogP contribution is 2.36. The second-order valence-corrected chi connectivity index (χ2v) is 7.22. The molecule has 1 amide bonds. The normalized spacial score (nSPS) is 15.8. The fourth-order valence-electron chi connectivity index (χ4n) is 3.01. The quantitative estimate of drug-likeness (QED) is 0.784. The summed E-state index contributed by atoms with van der Waals surface area (Å²) in [7, 11) is 0. The lowest BCUT2D eigenvalue weighted by Crippen LogP contribution is -2.38. The van der Waals surface area contributed by atoms with Crippen LogP contribution >= 0.6 is 11.3 Å². The molecule has 1 heterocycles. The molecule has 1 unspecified atom stereocenters. The third kappa shape index (κ3) is 4.16. The zero-order valence-corrected chi connectivity index (χ0v) is 15.4. The van der Waals surface area contributed by atoms with Crippen LogP contribution in [-0.2, 0) is 28.9 Å². The summed E-state index contributed by atoms with van der Waals surface area (Å²) in [4.78, 5) is 25.5. The summed E-state index contributed by atoms with van der Waals surface area (Å²) >= 11 is 1.36. The van der Waals surface area contributed by atoms with Crippen molar-refractivity contribution in [3.8, 4) is 0 Å². The van der Waals surface area contributed by atoms with Crippen molar-refractivity contribution in [2.24, 2.45) is 0 Å². The first-order valence-corrected chi connectivity index (χ1v) is 9.44. The average molecular weight is 374 g/mol. The van der Waals surface area contributed by atoms with Crippen molar-refractivity contribution in [1.82, 2.24) is 5.32 Å². The van der Waals surface area contributed by atoms with Crippen LogP contribution in [0.25, 0.3) is 0 Å². The van der Waals surface area contributed by atoms with Gasteiger partial charge in [-0.1, -0.05) is 30.3 Å². The molecule has 138 valence electrons. The third-order valence-corrected chi connectivity index (χ3v) is 5.55. The second-order valence-electron chi connectivity index (χ2n) is 6.11. The number of esters is 1. The van der Waals surface area contributed by atoms with Gasteiger partial charge in [-0.3, -0.25) is 0 Å². The number of benzene rings is 1. The van der Waals surface area contributed by atoms with Gasteiger partial charge in [0.2, 0.25) is 0 Å². The van der Waals surface area contributed by atoms with Gasteiger partial charge in [-0.25, -0.2) is 9.59 Å². The smallest absolute Gasteiger partial charge is 0.407 e. The number of nitrogens with one attached hydrogen (secondary N) is 1. The Kier molecular flexibility index (Phi) is 5.78. The number of hydrogen-bond donors (Lipinski definition) is 2. The summed E-state index contributed by atoms with van der Waals surface area (Å²) in [5.41, 5.74) is 8.58. The molecule has 26 heavy (non-hydrogen) atoms.